The molecule has 0 fully saturated rings. The smallest absolute Gasteiger partial charge is 0.317 e. The van der Waals surface area contributed by atoms with Crippen LogP contribution in [-0.4, -0.2) is 67.2 Å². The number of nitrogens with zero attached hydrogens (tertiary/aromatic N) is 2. The van der Waals surface area contributed by atoms with E-state index in [2.05, 4.69) is 5.32 Å². The zero-order valence-electron chi connectivity index (χ0n) is 10.9. The third-order valence-electron chi connectivity index (χ3n) is 2.21. The van der Waals surface area contributed by atoms with Gasteiger partial charge in [0.25, 0.3) is 0 Å². The van der Waals surface area contributed by atoms with Crippen LogP contribution in [0.1, 0.15) is 19.8 Å². The minimum absolute atomic E-state index is 0.0423. The van der Waals surface area contributed by atoms with Gasteiger partial charge in [0.05, 0.1) is 6.42 Å². The standard InChI is InChI=1S/C11H23N3O3/c1-4-7-14(9-8-13(2)3)11(17)12-6-5-10(15)16/h4-9H2,1-3H3,(H,12,17)(H,15,16). The van der Waals surface area contributed by atoms with Crippen molar-refractivity contribution in [1.29, 1.82) is 0 Å². The summed E-state index contributed by atoms with van der Waals surface area (Å²) in [4.78, 5) is 25.8. The Morgan fingerprint density at radius 3 is 2.29 bits per heavy atom. The van der Waals surface area contributed by atoms with Gasteiger partial charge in [-0.15, -0.1) is 0 Å². The Bertz CT molecular complexity index is 244. The predicted molar refractivity (Wildman–Crippen MR) is 66.1 cm³/mol. The average molecular weight is 245 g/mol. The number of nitrogens with one attached hydrogen (secondary N) is 1. The van der Waals surface area contributed by atoms with Crippen LogP contribution >= 0.6 is 0 Å². The molecule has 0 atom stereocenters. The highest BCUT2D eigenvalue weighted by Crippen LogP contribution is 1.93. The lowest BCUT2D eigenvalue weighted by molar-refractivity contribution is -0.136. The Morgan fingerprint density at radius 2 is 1.82 bits per heavy atom. The van der Waals surface area contributed by atoms with E-state index in [1.807, 2.05) is 25.9 Å². The molecule has 0 rings (SSSR count). The topological polar surface area (TPSA) is 72.9 Å². The molecule has 0 unspecified atom stereocenters. The van der Waals surface area contributed by atoms with Crippen molar-refractivity contribution in [3.8, 4) is 0 Å². The molecule has 0 aromatic heterocycles. The van der Waals surface area contributed by atoms with E-state index < -0.39 is 5.97 Å². The van der Waals surface area contributed by atoms with Gasteiger partial charge in [-0.05, 0) is 20.5 Å². The van der Waals surface area contributed by atoms with Gasteiger partial charge in [-0.25, -0.2) is 4.79 Å². The highest BCUT2D eigenvalue weighted by molar-refractivity contribution is 5.75. The van der Waals surface area contributed by atoms with Crippen molar-refractivity contribution in [3.05, 3.63) is 0 Å². The Morgan fingerprint density at radius 1 is 1.18 bits per heavy atom. The van der Waals surface area contributed by atoms with Crippen molar-refractivity contribution in [2.75, 3.05) is 40.3 Å². The molecule has 0 aliphatic carbocycles. The third-order valence-corrected chi connectivity index (χ3v) is 2.21. The molecule has 17 heavy (non-hydrogen) atoms. The number of likely N-dealkylation sites (N-methyl/N-ethyl adjacent to an activating group) is 1. The van der Waals surface area contributed by atoms with E-state index in [0.717, 1.165) is 13.0 Å². The van der Waals surface area contributed by atoms with Crippen molar-refractivity contribution in [1.82, 2.24) is 15.1 Å². The van der Waals surface area contributed by atoms with Crippen LogP contribution in [-0.2, 0) is 4.79 Å². The molecule has 0 heterocycles. The molecule has 6 heteroatoms. The van der Waals surface area contributed by atoms with Gasteiger partial charge in [-0.2, -0.15) is 0 Å². The van der Waals surface area contributed by atoms with Crippen LogP contribution in [0.4, 0.5) is 4.79 Å². The summed E-state index contributed by atoms with van der Waals surface area (Å²) in [6.45, 7) is 4.32. The van der Waals surface area contributed by atoms with E-state index in [9.17, 15) is 9.59 Å². The van der Waals surface area contributed by atoms with Crippen molar-refractivity contribution in [2.45, 2.75) is 19.8 Å². The number of carboxylic acids is 1. The number of urea groups is 1. The Balaban J connectivity index is 4.00. The van der Waals surface area contributed by atoms with Crippen LogP contribution in [0, 0.1) is 0 Å². The van der Waals surface area contributed by atoms with Crippen LogP contribution in [0.5, 0.6) is 0 Å². The summed E-state index contributed by atoms with van der Waals surface area (Å²) in [5.41, 5.74) is 0. The maximum absolute atomic E-state index is 11.7. The van der Waals surface area contributed by atoms with Gasteiger partial charge in [-0.1, -0.05) is 6.92 Å². The van der Waals surface area contributed by atoms with Crippen LogP contribution in [0.2, 0.25) is 0 Å². The van der Waals surface area contributed by atoms with Crippen LogP contribution in [0.25, 0.3) is 0 Å². The summed E-state index contributed by atoms with van der Waals surface area (Å²) in [6, 6.07) is -0.185. The fourth-order valence-electron chi connectivity index (χ4n) is 1.29. The number of hydrogen-bond donors (Lipinski definition) is 2. The van der Waals surface area contributed by atoms with Crippen LogP contribution in [0.3, 0.4) is 0 Å². The number of amides is 2. The van der Waals surface area contributed by atoms with E-state index in [1.165, 1.54) is 0 Å². The molecule has 0 aromatic rings. The first-order chi connectivity index (χ1) is 7.97. The maximum Gasteiger partial charge on any atom is 0.317 e. The van der Waals surface area contributed by atoms with E-state index in [4.69, 9.17) is 5.11 Å². The normalized spacial score (nSPS) is 10.4. The molecule has 6 nitrogen and oxygen atoms in total. The molecule has 0 aromatic carbocycles. The molecule has 0 bridgehead atoms. The number of carbonyl (C=O) groups excluding carboxylic acids is 1. The minimum atomic E-state index is -0.902. The molecule has 0 saturated carbocycles. The van der Waals surface area contributed by atoms with Crippen molar-refractivity contribution >= 4 is 12.0 Å². The number of carboxylic acid groups (broad SMARTS) is 1. The Hall–Kier alpha value is -1.30. The van der Waals surface area contributed by atoms with Gasteiger partial charge in [0.1, 0.15) is 0 Å². The van der Waals surface area contributed by atoms with E-state index >= 15 is 0 Å². The molecular formula is C11H23N3O3. The molecule has 0 radical (unpaired) electrons. The monoisotopic (exact) mass is 245 g/mol. The highest BCUT2D eigenvalue weighted by Gasteiger charge is 2.12. The third kappa shape index (κ3) is 8.50. The van der Waals surface area contributed by atoms with Gasteiger partial charge in [0.15, 0.2) is 0 Å². The van der Waals surface area contributed by atoms with Crippen molar-refractivity contribution in [2.24, 2.45) is 0 Å². The molecule has 2 N–H and O–H groups in total. The van der Waals surface area contributed by atoms with Crippen LogP contribution in [0.15, 0.2) is 0 Å². The van der Waals surface area contributed by atoms with Gasteiger partial charge in [0, 0.05) is 26.2 Å². The second-order valence-corrected chi connectivity index (χ2v) is 4.17. The largest absolute Gasteiger partial charge is 0.481 e. The summed E-state index contributed by atoms with van der Waals surface area (Å²) >= 11 is 0. The lowest BCUT2D eigenvalue weighted by atomic mass is 10.4. The number of hydrogen-bond acceptors (Lipinski definition) is 3. The Labute approximate surface area is 103 Å². The van der Waals surface area contributed by atoms with Crippen molar-refractivity contribution in [3.63, 3.8) is 0 Å². The first-order valence-corrected chi connectivity index (χ1v) is 5.86. The lowest BCUT2D eigenvalue weighted by Gasteiger charge is -2.24. The minimum Gasteiger partial charge on any atom is -0.481 e. The second kappa shape index (κ2) is 8.81. The van der Waals surface area contributed by atoms with E-state index in [1.54, 1.807) is 4.90 Å². The molecule has 0 aliphatic rings. The summed E-state index contributed by atoms with van der Waals surface area (Å²) in [5.74, 6) is -0.902. The first-order valence-electron chi connectivity index (χ1n) is 5.86. The second-order valence-electron chi connectivity index (χ2n) is 4.17. The number of rotatable bonds is 8. The number of carbonyl (C=O) groups is 2. The summed E-state index contributed by atoms with van der Waals surface area (Å²) in [7, 11) is 3.90. The van der Waals surface area contributed by atoms with Gasteiger partial charge in [-0.3, -0.25) is 4.79 Å². The van der Waals surface area contributed by atoms with Gasteiger partial charge >= 0.3 is 12.0 Å². The molecule has 2 amide bonds. The fourth-order valence-corrected chi connectivity index (χ4v) is 1.29. The molecule has 0 saturated heterocycles. The quantitative estimate of drug-likeness (QED) is 0.651. The Kier molecular flexibility index (Phi) is 8.13. The maximum atomic E-state index is 11.7. The zero-order chi connectivity index (χ0) is 13.3. The highest BCUT2D eigenvalue weighted by atomic mass is 16.4. The molecular weight excluding hydrogens is 222 g/mol. The predicted octanol–water partition coefficient (Wildman–Crippen LogP) is 0.444. The van der Waals surface area contributed by atoms with Gasteiger partial charge in [0.2, 0.25) is 0 Å². The molecule has 0 aliphatic heterocycles. The lowest BCUT2D eigenvalue weighted by Crippen LogP contribution is -2.44. The summed E-state index contributed by atoms with van der Waals surface area (Å²) < 4.78 is 0. The fraction of sp³-hybridized carbons (Fsp3) is 0.818. The average Bonchev–Trinajstić information content (AvgIpc) is 2.23. The zero-order valence-corrected chi connectivity index (χ0v) is 10.9. The van der Waals surface area contributed by atoms with E-state index in [-0.39, 0.29) is 19.0 Å². The van der Waals surface area contributed by atoms with Gasteiger partial charge < -0.3 is 20.2 Å². The summed E-state index contributed by atoms with van der Waals surface area (Å²) in [6.07, 6.45) is 0.846. The number of aliphatic carboxylic acids is 1. The SMILES string of the molecule is CCCN(CCN(C)C)C(=O)NCCC(=O)O. The summed E-state index contributed by atoms with van der Waals surface area (Å²) in [5, 5.41) is 11.1. The van der Waals surface area contributed by atoms with Crippen LogP contribution < -0.4 is 5.32 Å². The van der Waals surface area contributed by atoms with Crippen molar-refractivity contribution < 1.29 is 14.7 Å². The molecule has 100 valence electrons. The first kappa shape index (κ1) is 15.7. The molecule has 0 spiro atoms. The van der Waals surface area contributed by atoms with E-state index in [0.29, 0.717) is 13.1 Å².